The molecule has 0 aliphatic rings. The third-order valence-corrected chi connectivity index (χ3v) is 4.11. The number of aryl methyl sites for hydroxylation is 2. The maximum atomic E-state index is 12.1. The molecule has 2 N–H and O–H groups in total. The number of hydrogen-bond donors (Lipinski definition) is 2. The third-order valence-electron chi connectivity index (χ3n) is 2.96. The monoisotopic (exact) mass is 310 g/mol. The molecule has 2 rings (SSSR count). The summed E-state index contributed by atoms with van der Waals surface area (Å²) in [5.74, 6) is -0.0391. The van der Waals surface area contributed by atoms with Gasteiger partial charge in [-0.3, -0.25) is 4.79 Å². The van der Waals surface area contributed by atoms with Crippen molar-refractivity contribution in [3.8, 4) is 0 Å². The van der Waals surface area contributed by atoms with Crippen molar-refractivity contribution in [3.63, 3.8) is 0 Å². The van der Waals surface area contributed by atoms with Gasteiger partial charge in [0, 0.05) is 17.1 Å². The number of carbonyl (C=O) groups is 1. The molecular formula is C15H19ClN2OS. The first-order valence-electron chi connectivity index (χ1n) is 6.22. The van der Waals surface area contributed by atoms with Gasteiger partial charge in [0.25, 0.3) is 5.91 Å². The summed E-state index contributed by atoms with van der Waals surface area (Å²) in [7, 11) is 1.91. The minimum Gasteiger partial charge on any atom is -0.321 e. The summed E-state index contributed by atoms with van der Waals surface area (Å²) in [6.07, 6.45) is 0. The van der Waals surface area contributed by atoms with Crippen LogP contribution in [0.2, 0.25) is 0 Å². The molecule has 2 aromatic rings. The Kier molecular flexibility index (Phi) is 6.20. The van der Waals surface area contributed by atoms with E-state index in [1.807, 2.05) is 51.2 Å². The lowest BCUT2D eigenvalue weighted by Gasteiger charge is -2.06. The van der Waals surface area contributed by atoms with Gasteiger partial charge >= 0.3 is 0 Å². The predicted octanol–water partition coefficient (Wildman–Crippen LogP) is 3.76. The number of nitrogens with one attached hydrogen (secondary N) is 2. The van der Waals surface area contributed by atoms with Crippen LogP contribution in [-0.4, -0.2) is 13.0 Å². The van der Waals surface area contributed by atoms with Gasteiger partial charge in [0.15, 0.2) is 0 Å². The van der Waals surface area contributed by atoms with E-state index in [9.17, 15) is 4.79 Å². The van der Waals surface area contributed by atoms with Crippen molar-refractivity contribution >= 4 is 35.3 Å². The maximum absolute atomic E-state index is 12.1. The first-order chi connectivity index (χ1) is 9.10. The predicted molar refractivity (Wildman–Crippen MR) is 88.2 cm³/mol. The summed E-state index contributed by atoms with van der Waals surface area (Å²) in [6.45, 7) is 4.85. The summed E-state index contributed by atoms with van der Waals surface area (Å²) >= 11 is 1.53. The molecule has 0 bridgehead atoms. The number of thiophene rings is 1. The molecule has 0 unspecified atom stereocenters. The zero-order chi connectivity index (χ0) is 13.8. The van der Waals surface area contributed by atoms with Gasteiger partial charge in [-0.2, -0.15) is 0 Å². The Morgan fingerprint density at radius 1 is 1.25 bits per heavy atom. The van der Waals surface area contributed by atoms with E-state index in [0.717, 1.165) is 22.7 Å². The van der Waals surface area contributed by atoms with Crippen LogP contribution in [0.15, 0.2) is 30.3 Å². The Morgan fingerprint density at radius 2 is 2.00 bits per heavy atom. The minimum absolute atomic E-state index is 0. The summed E-state index contributed by atoms with van der Waals surface area (Å²) in [5.41, 5.74) is 3.15. The lowest BCUT2D eigenvalue weighted by molar-refractivity contribution is 0.103. The van der Waals surface area contributed by atoms with Crippen LogP contribution in [0.4, 0.5) is 5.69 Å². The number of benzene rings is 1. The lowest BCUT2D eigenvalue weighted by atomic mass is 10.2. The molecule has 1 aromatic carbocycles. The van der Waals surface area contributed by atoms with Gasteiger partial charge < -0.3 is 10.6 Å². The van der Waals surface area contributed by atoms with E-state index in [-0.39, 0.29) is 18.3 Å². The van der Waals surface area contributed by atoms with Crippen LogP contribution in [0.5, 0.6) is 0 Å². The van der Waals surface area contributed by atoms with Crippen LogP contribution in [0.25, 0.3) is 0 Å². The van der Waals surface area contributed by atoms with E-state index in [4.69, 9.17) is 0 Å². The molecule has 0 atom stereocenters. The smallest absolute Gasteiger partial charge is 0.265 e. The van der Waals surface area contributed by atoms with Gasteiger partial charge in [0.1, 0.15) is 0 Å². The Hall–Kier alpha value is -1.36. The fraction of sp³-hybridized carbons (Fsp3) is 0.267. The molecule has 0 aliphatic carbocycles. The highest BCUT2D eigenvalue weighted by molar-refractivity contribution is 7.14. The van der Waals surface area contributed by atoms with Crippen molar-refractivity contribution in [2.24, 2.45) is 0 Å². The van der Waals surface area contributed by atoms with E-state index >= 15 is 0 Å². The number of halogens is 1. The molecule has 20 heavy (non-hydrogen) atoms. The van der Waals surface area contributed by atoms with Gasteiger partial charge in [0.05, 0.1) is 4.88 Å². The molecule has 0 saturated heterocycles. The van der Waals surface area contributed by atoms with E-state index < -0.39 is 0 Å². The SMILES string of the molecule is CNCc1cccc(NC(=O)c2cc(C)c(C)s2)c1.Cl. The van der Waals surface area contributed by atoms with E-state index in [0.29, 0.717) is 0 Å². The van der Waals surface area contributed by atoms with Crippen molar-refractivity contribution in [3.05, 3.63) is 51.2 Å². The average Bonchev–Trinajstić information content (AvgIpc) is 2.71. The van der Waals surface area contributed by atoms with Crippen molar-refractivity contribution in [2.75, 3.05) is 12.4 Å². The van der Waals surface area contributed by atoms with E-state index in [2.05, 4.69) is 10.6 Å². The number of anilines is 1. The Bertz CT molecular complexity index is 576. The van der Waals surface area contributed by atoms with E-state index in [1.54, 1.807) is 0 Å². The number of hydrogen-bond acceptors (Lipinski definition) is 3. The molecule has 1 amide bonds. The number of rotatable bonds is 4. The average molecular weight is 311 g/mol. The minimum atomic E-state index is -0.0391. The quantitative estimate of drug-likeness (QED) is 0.903. The third kappa shape index (κ3) is 4.07. The van der Waals surface area contributed by atoms with Crippen LogP contribution in [0, 0.1) is 13.8 Å². The standard InChI is InChI=1S/C15H18N2OS.ClH/c1-10-7-14(19-11(10)2)15(18)17-13-6-4-5-12(8-13)9-16-3;/h4-8,16H,9H2,1-3H3,(H,17,18);1H. The summed E-state index contributed by atoms with van der Waals surface area (Å²) in [5, 5.41) is 6.04. The van der Waals surface area contributed by atoms with Crippen LogP contribution in [-0.2, 0) is 6.54 Å². The van der Waals surface area contributed by atoms with Crippen molar-refractivity contribution in [2.45, 2.75) is 20.4 Å². The summed E-state index contributed by atoms with van der Waals surface area (Å²) in [6, 6.07) is 9.82. The number of carbonyl (C=O) groups excluding carboxylic acids is 1. The highest BCUT2D eigenvalue weighted by Crippen LogP contribution is 2.22. The second-order valence-corrected chi connectivity index (χ2v) is 5.79. The molecule has 0 spiro atoms. The molecule has 1 heterocycles. The second-order valence-electron chi connectivity index (χ2n) is 4.53. The van der Waals surface area contributed by atoms with Gasteiger partial charge in [-0.1, -0.05) is 12.1 Å². The van der Waals surface area contributed by atoms with Crippen LogP contribution in [0.3, 0.4) is 0 Å². The van der Waals surface area contributed by atoms with Crippen LogP contribution in [0.1, 0.15) is 25.7 Å². The summed E-state index contributed by atoms with van der Waals surface area (Å²) < 4.78 is 0. The first kappa shape index (κ1) is 16.7. The molecule has 0 fully saturated rings. The van der Waals surface area contributed by atoms with Gasteiger partial charge in [-0.15, -0.1) is 23.7 Å². The topological polar surface area (TPSA) is 41.1 Å². The van der Waals surface area contributed by atoms with Crippen molar-refractivity contribution in [1.82, 2.24) is 5.32 Å². The molecule has 1 aromatic heterocycles. The maximum Gasteiger partial charge on any atom is 0.265 e. The van der Waals surface area contributed by atoms with E-state index in [1.165, 1.54) is 21.8 Å². The Morgan fingerprint density at radius 3 is 2.60 bits per heavy atom. The highest BCUT2D eigenvalue weighted by atomic mass is 35.5. The van der Waals surface area contributed by atoms with Crippen LogP contribution < -0.4 is 10.6 Å². The van der Waals surface area contributed by atoms with Gasteiger partial charge in [-0.05, 0) is 50.2 Å². The summed E-state index contributed by atoms with van der Waals surface area (Å²) in [4.78, 5) is 14.1. The molecule has 5 heteroatoms. The first-order valence-corrected chi connectivity index (χ1v) is 7.03. The van der Waals surface area contributed by atoms with Gasteiger partial charge in [-0.25, -0.2) is 0 Å². The van der Waals surface area contributed by atoms with Crippen LogP contribution >= 0.6 is 23.7 Å². The van der Waals surface area contributed by atoms with Crippen molar-refractivity contribution < 1.29 is 4.79 Å². The molecule has 0 saturated carbocycles. The van der Waals surface area contributed by atoms with Gasteiger partial charge in [0.2, 0.25) is 0 Å². The Balaban J connectivity index is 0.00000200. The molecule has 0 radical (unpaired) electrons. The van der Waals surface area contributed by atoms with Crippen molar-refractivity contribution in [1.29, 1.82) is 0 Å². The largest absolute Gasteiger partial charge is 0.321 e. The number of amides is 1. The fourth-order valence-corrected chi connectivity index (χ4v) is 2.77. The molecular weight excluding hydrogens is 292 g/mol. The molecule has 108 valence electrons. The molecule has 3 nitrogen and oxygen atoms in total. The Labute approximate surface area is 129 Å². The zero-order valence-electron chi connectivity index (χ0n) is 11.8. The molecule has 0 aliphatic heterocycles. The lowest BCUT2D eigenvalue weighted by Crippen LogP contribution is -2.11. The second kappa shape index (κ2) is 7.43. The normalized spacial score (nSPS) is 9.95. The fourth-order valence-electron chi connectivity index (χ4n) is 1.84. The highest BCUT2D eigenvalue weighted by Gasteiger charge is 2.10. The zero-order valence-corrected chi connectivity index (χ0v) is 13.5.